The van der Waals surface area contributed by atoms with E-state index in [0.717, 1.165) is 57.8 Å². The molecule has 378 valence electrons. The smallest absolute Gasteiger partial charge is 0.305 e. The largest absolute Gasteiger partial charge is 0.466 e. The van der Waals surface area contributed by atoms with Crippen LogP contribution in [0.3, 0.4) is 0 Å². The molecule has 0 aromatic heterocycles. The van der Waals surface area contributed by atoms with Crippen LogP contribution in [0.2, 0.25) is 0 Å². The number of hydrogen-bond donors (Lipinski definition) is 3. The van der Waals surface area contributed by atoms with Gasteiger partial charge in [0.1, 0.15) is 0 Å². The molecule has 64 heavy (non-hydrogen) atoms. The molecule has 0 saturated carbocycles. The third-order valence-corrected chi connectivity index (χ3v) is 13.3. The maximum absolute atomic E-state index is 12.5. The van der Waals surface area contributed by atoms with E-state index in [4.69, 9.17) is 4.74 Å². The summed E-state index contributed by atoms with van der Waals surface area (Å²) in [7, 11) is 0. The van der Waals surface area contributed by atoms with Gasteiger partial charge in [0.05, 0.1) is 25.4 Å². The molecule has 3 N–H and O–H groups in total. The molecule has 2 atom stereocenters. The molecular weight excluding hydrogens is 791 g/mol. The van der Waals surface area contributed by atoms with E-state index in [1.807, 2.05) is 0 Å². The molecule has 0 heterocycles. The summed E-state index contributed by atoms with van der Waals surface area (Å²) in [6.45, 7) is 4.89. The minimum Gasteiger partial charge on any atom is -0.466 e. The lowest BCUT2D eigenvalue weighted by molar-refractivity contribution is -0.143. The third kappa shape index (κ3) is 49.8. The zero-order chi connectivity index (χ0) is 46.5. The number of aliphatic hydroxyl groups is 2. The van der Waals surface area contributed by atoms with Crippen molar-refractivity contribution >= 4 is 11.9 Å². The van der Waals surface area contributed by atoms with E-state index in [9.17, 15) is 19.8 Å². The van der Waals surface area contributed by atoms with Crippen LogP contribution in [0.15, 0.2) is 24.3 Å². The van der Waals surface area contributed by atoms with Gasteiger partial charge in [-0.05, 0) is 51.4 Å². The second-order valence-electron chi connectivity index (χ2n) is 19.6. The first kappa shape index (κ1) is 62.3. The van der Waals surface area contributed by atoms with Gasteiger partial charge >= 0.3 is 5.97 Å². The fourth-order valence-corrected chi connectivity index (χ4v) is 8.83. The summed E-state index contributed by atoms with van der Waals surface area (Å²) >= 11 is 0. The summed E-state index contributed by atoms with van der Waals surface area (Å²) in [6.07, 6.45) is 64.4. The zero-order valence-electron chi connectivity index (χ0n) is 43.0. The summed E-state index contributed by atoms with van der Waals surface area (Å²) in [5.41, 5.74) is 0. The van der Waals surface area contributed by atoms with E-state index >= 15 is 0 Å². The highest BCUT2D eigenvalue weighted by molar-refractivity contribution is 5.76. The van der Waals surface area contributed by atoms with Gasteiger partial charge in [0.15, 0.2) is 0 Å². The lowest BCUT2D eigenvalue weighted by Gasteiger charge is -2.22. The van der Waals surface area contributed by atoms with E-state index < -0.39 is 12.1 Å². The minimum absolute atomic E-state index is 0.0194. The Labute approximate surface area is 399 Å². The first-order valence-electron chi connectivity index (χ1n) is 28.6. The number of amides is 1. The van der Waals surface area contributed by atoms with Crippen LogP contribution in [0.25, 0.3) is 0 Å². The molecule has 0 rings (SSSR count). The fourth-order valence-electron chi connectivity index (χ4n) is 8.83. The van der Waals surface area contributed by atoms with Crippen molar-refractivity contribution in [2.75, 3.05) is 13.2 Å². The number of carbonyl (C=O) groups excluding carboxylic acids is 2. The fraction of sp³-hybridized carbons (Fsp3) is 0.897. The molecule has 0 aliphatic heterocycles. The van der Waals surface area contributed by atoms with Crippen molar-refractivity contribution in [3.63, 3.8) is 0 Å². The molecule has 0 aliphatic carbocycles. The molecule has 0 bridgehead atoms. The summed E-state index contributed by atoms with van der Waals surface area (Å²) in [4.78, 5) is 24.5. The van der Waals surface area contributed by atoms with Crippen molar-refractivity contribution in [2.24, 2.45) is 0 Å². The summed E-state index contributed by atoms with van der Waals surface area (Å²) < 4.78 is 5.46. The van der Waals surface area contributed by atoms with Gasteiger partial charge in [-0.3, -0.25) is 9.59 Å². The molecule has 0 fully saturated rings. The van der Waals surface area contributed by atoms with E-state index in [1.165, 1.54) is 218 Å². The van der Waals surface area contributed by atoms with E-state index in [0.29, 0.717) is 25.9 Å². The average molecular weight is 903 g/mol. The number of rotatable bonds is 53. The van der Waals surface area contributed by atoms with Crippen molar-refractivity contribution in [3.05, 3.63) is 24.3 Å². The molecule has 6 nitrogen and oxygen atoms in total. The topological polar surface area (TPSA) is 95.9 Å². The third-order valence-electron chi connectivity index (χ3n) is 13.3. The average Bonchev–Trinajstić information content (AvgIpc) is 3.29. The maximum atomic E-state index is 12.5. The van der Waals surface area contributed by atoms with Gasteiger partial charge in [0.2, 0.25) is 5.91 Å². The van der Waals surface area contributed by atoms with Crippen LogP contribution >= 0.6 is 0 Å². The Morgan fingerprint density at radius 2 is 0.797 bits per heavy atom. The molecular formula is C58H111NO5. The maximum Gasteiger partial charge on any atom is 0.305 e. The summed E-state index contributed by atoms with van der Waals surface area (Å²) in [5, 5.41) is 23.3. The Morgan fingerprint density at radius 1 is 0.438 bits per heavy atom. The van der Waals surface area contributed by atoms with Gasteiger partial charge in [-0.1, -0.05) is 269 Å². The minimum atomic E-state index is -0.674. The number of hydrogen-bond acceptors (Lipinski definition) is 5. The van der Waals surface area contributed by atoms with E-state index in [1.54, 1.807) is 0 Å². The van der Waals surface area contributed by atoms with Crippen molar-refractivity contribution in [2.45, 2.75) is 321 Å². The summed E-state index contributed by atoms with van der Waals surface area (Å²) in [6, 6.07) is -0.552. The Bertz CT molecular complexity index is 997. The van der Waals surface area contributed by atoms with Gasteiger partial charge in [-0.2, -0.15) is 0 Å². The Balaban J connectivity index is 3.46. The van der Waals surface area contributed by atoms with Crippen molar-refractivity contribution in [1.82, 2.24) is 5.32 Å². The van der Waals surface area contributed by atoms with Crippen LogP contribution in [0, 0.1) is 0 Å². The van der Waals surface area contributed by atoms with Crippen LogP contribution < -0.4 is 5.32 Å². The van der Waals surface area contributed by atoms with Gasteiger partial charge in [-0.15, -0.1) is 0 Å². The van der Waals surface area contributed by atoms with Crippen LogP contribution in [-0.2, 0) is 14.3 Å². The second kappa shape index (κ2) is 54.0. The monoisotopic (exact) mass is 902 g/mol. The van der Waals surface area contributed by atoms with Crippen molar-refractivity contribution in [1.29, 1.82) is 0 Å². The molecule has 0 radical (unpaired) electrons. The highest BCUT2D eigenvalue weighted by Gasteiger charge is 2.20. The van der Waals surface area contributed by atoms with Crippen LogP contribution in [0.5, 0.6) is 0 Å². The molecule has 6 heteroatoms. The van der Waals surface area contributed by atoms with Crippen molar-refractivity contribution in [3.8, 4) is 0 Å². The van der Waals surface area contributed by atoms with Gasteiger partial charge in [0, 0.05) is 12.8 Å². The number of allylic oxidation sites excluding steroid dienone is 4. The predicted molar refractivity (Wildman–Crippen MR) is 278 cm³/mol. The highest BCUT2D eigenvalue weighted by atomic mass is 16.5. The van der Waals surface area contributed by atoms with Gasteiger partial charge < -0.3 is 20.3 Å². The SMILES string of the molecule is CCCC/C=C\C/C=C\CCCCCCCC(=O)OCCCCCCCCCCCCCCCC(=O)NC(CO)C(O)CCCCCCCCCCCCCCCCCCCCCC. The quantitative estimate of drug-likeness (QED) is 0.0321. The second-order valence-corrected chi connectivity index (χ2v) is 19.6. The first-order valence-corrected chi connectivity index (χ1v) is 28.6. The van der Waals surface area contributed by atoms with Gasteiger partial charge in [0.25, 0.3) is 0 Å². The Kier molecular flexibility index (Phi) is 52.6. The number of aliphatic hydroxyl groups excluding tert-OH is 2. The Hall–Kier alpha value is -1.66. The van der Waals surface area contributed by atoms with E-state index in [-0.39, 0.29) is 18.5 Å². The number of carbonyl (C=O) groups is 2. The molecule has 0 aromatic rings. The number of ether oxygens (including phenoxy) is 1. The number of esters is 1. The number of unbranched alkanes of at least 4 members (excludes halogenated alkanes) is 38. The van der Waals surface area contributed by atoms with Crippen LogP contribution in [0.1, 0.15) is 309 Å². The molecule has 0 spiro atoms. The lowest BCUT2D eigenvalue weighted by atomic mass is 10.0. The lowest BCUT2D eigenvalue weighted by Crippen LogP contribution is -2.45. The highest BCUT2D eigenvalue weighted by Crippen LogP contribution is 2.17. The molecule has 1 amide bonds. The zero-order valence-corrected chi connectivity index (χ0v) is 43.0. The molecule has 2 unspecified atom stereocenters. The first-order chi connectivity index (χ1) is 31.5. The van der Waals surface area contributed by atoms with E-state index in [2.05, 4.69) is 43.5 Å². The van der Waals surface area contributed by atoms with Gasteiger partial charge in [-0.25, -0.2) is 0 Å². The predicted octanol–water partition coefficient (Wildman–Crippen LogP) is 17.5. The molecule has 0 aliphatic rings. The standard InChI is InChI=1S/C58H111NO5/c1-3-5-7-9-11-13-15-17-19-20-21-22-23-24-26-30-34-38-42-46-50-56(61)55(54-60)59-57(62)51-47-43-39-35-31-27-25-29-33-37-41-45-49-53-64-58(63)52-48-44-40-36-32-28-18-16-14-12-10-8-6-4-2/h10,12,16,18,55-56,60-61H,3-9,11,13-15,17,19-54H2,1-2H3,(H,59,62)/b12-10-,18-16-. The van der Waals surface area contributed by atoms with Crippen molar-refractivity contribution < 1.29 is 24.5 Å². The Morgan fingerprint density at radius 3 is 1.23 bits per heavy atom. The normalized spacial score (nSPS) is 12.8. The number of nitrogens with one attached hydrogen (secondary N) is 1. The van der Waals surface area contributed by atoms with Crippen LogP contribution in [0.4, 0.5) is 0 Å². The van der Waals surface area contributed by atoms with Crippen LogP contribution in [-0.4, -0.2) is 47.4 Å². The molecule has 0 saturated heterocycles. The summed E-state index contributed by atoms with van der Waals surface area (Å²) in [5.74, 6) is -0.0655. The molecule has 0 aromatic carbocycles.